The third-order valence-electron chi connectivity index (χ3n) is 9.32. The van der Waals surface area contributed by atoms with Crippen LogP contribution < -0.4 is 15.4 Å². The van der Waals surface area contributed by atoms with E-state index in [1.807, 2.05) is 20.8 Å². The Labute approximate surface area is 282 Å². The largest absolute Gasteiger partial charge is 0.481 e. The summed E-state index contributed by atoms with van der Waals surface area (Å²) >= 11 is 1.48. The van der Waals surface area contributed by atoms with Crippen LogP contribution in [0.2, 0.25) is 0 Å². The van der Waals surface area contributed by atoms with E-state index in [1.165, 1.54) is 11.3 Å². The highest BCUT2D eigenvalue weighted by molar-refractivity contribution is 7.16. The SMILES string of the molecule is CC(C)C(C(=O)O)c1cc(OCCCN2CCCN(c3nccc(-c4noc([C@@]5(C)CCCc6sc(N)c(C#N)c65)n4)n3)[C@@H](C)C2)no1. The average molecular weight is 676 g/mol. The number of rotatable bonds is 11. The molecular formula is C33H41N9O5S. The molecule has 48 heavy (non-hydrogen) atoms. The van der Waals surface area contributed by atoms with Crippen LogP contribution >= 0.6 is 11.3 Å². The fourth-order valence-corrected chi connectivity index (χ4v) is 8.10. The van der Waals surface area contributed by atoms with E-state index in [0.29, 0.717) is 52.2 Å². The number of carbonyl (C=O) groups is 1. The molecule has 5 heterocycles. The lowest BCUT2D eigenvalue weighted by Crippen LogP contribution is -2.40. The molecule has 3 N–H and O–H groups in total. The summed E-state index contributed by atoms with van der Waals surface area (Å²) in [5.41, 5.74) is 7.60. The van der Waals surface area contributed by atoms with Gasteiger partial charge in [-0.3, -0.25) is 4.79 Å². The molecule has 0 aromatic carbocycles. The highest BCUT2D eigenvalue weighted by Gasteiger charge is 2.43. The highest BCUT2D eigenvalue weighted by atomic mass is 32.1. The minimum Gasteiger partial charge on any atom is -0.481 e. The molecule has 6 rings (SSSR count). The van der Waals surface area contributed by atoms with Crippen LogP contribution in [-0.2, 0) is 16.6 Å². The fraction of sp³-hybridized carbons (Fsp3) is 0.545. The number of nitriles is 1. The van der Waals surface area contributed by atoms with Crippen LogP contribution in [0.3, 0.4) is 0 Å². The van der Waals surface area contributed by atoms with Crippen molar-refractivity contribution in [3.05, 3.63) is 46.0 Å². The fourth-order valence-electron chi connectivity index (χ4n) is 6.91. The highest BCUT2D eigenvalue weighted by Crippen LogP contribution is 2.48. The Morgan fingerprint density at radius 2 is 2.10 bits per heavy atom. The summed E-state index contributed by atoms with van der Waals surface area (Å²) in [6.07, 6.45) is 6.05. The molecule has 2 aliphatic rings. The first-order valence-electron chi connectivity index (χ1n) is 16.4. The lowest BCUT2D eigenvalue weighted by molar-refractivity contribution is -0.140. The number of nitrogens with zero attached hydrogens (tertiary/aromatic N) is 8. The molecule has 1 aliphatic heterocycles. The first kappa shape index (κ1) is 33.4. The van der Waals surface area contributed by atoms with Crippen LogP contribution in [-0.4, -0.2) is 80.1 Å². The van der Waals surface area contributed by atoms with E-state index in [1.54, 1.807) is 18.3 Å². The second-order valence-corrected chi connectivity index (χ2v) is 14.3. The lowest BCUT2D eigenvalue weighted by atomic mass is 9.72. The van der Waals surface area contributed by atoms with Gasteiger partial charge in [0, 0.05) is 48.4 Å². The summed E-state index contributed by atoms with van der Waals surface area (Å²) in [5, 5.41) is 28.1. The van der Waals surface area contributed by atoms with Gasteiger partial charge in [0.05, 0.1) is 17.6 Å². The quantitative estimate of drug-likeness (QED) is 0.205. The van der Waals surface area contributed by atoms with Crippen molar-refractivity contribution >= 4 is 28.3 Å². The molecule has 0 radical (unpaired) electrons. The number of nitrogens with two attached hydrogens (primary N) is 1. The van der Waals surface area contributed by atoms with Crippen LogP contribution in [0.15, 0.2) is 27.4 Å². The minimum absolute atomic E-state index is 0.127. The molecule has 4 aromatic heterocycles. The molecule has 0 amide bonds. The number of aryl methyl sites for hydroxylation is 1. The van der Waals surface area contributed by atoms with Gasteiger partial charge in [-0.1, -0.05) is 19.0 Å². The molecule has 1 saturated heterocycles. The van der Waals surface area contributed by atoms with Crippen LogP contribution in [0.25, 0.3) is 11.5 Å². The van der Waals surface area contributed by atoms with Gasteiger partial charge in [0.2, 0.25) is 17.7 Å². The van der Waals surface area contributed by atoms with Gasteiger partial charge in [-0.05, 0) is 69.6 Å². The molecule has 0 spiro atoms. The van der Waals surface area contributed by atoms with Crippen molar-refractivity contribution in [1.82, 2.24) is 30.2 Å². The third kappa shape index (κ3) is 6.59. The van der Waals surface area contributed by atoms with Crippen molar-refractivity contribution in [2.24, 2.45) is 5.92 Å². The molecule has 4 aromatic rings. The number of aliphatic carboxylic acids is 1. The van der Waals surface area contributed by atoms with Crippen molar-refractivity contribution in [2.75, 3.05) is 43.4 Å². The first-order valence-corrected chi connectivity index (χ1v) is 17.2. The molecule has 1 fully saturated rings. The molecule has 0 saturated carbocycles. The summed E-state index contributed by atoms with van der Waals surface area (Å²) in [4.78, 5) is 31.6. The minimum atomic E-state index is -0.943. The van der Waals surface area contributed by atoms with Crippen LogP contribution in [0.4, 0.5) is 10.9 Å². The summed E-state index contributed by atoms with van der Waals surface area (Å²) < 4.78 is 16.9. The number of carboxylic acids is 1. The van der Waals surface area contributed by atoms with Gasteiger partial charge >= 0.3 is 5.97 Å². The van der Waals surface area contributed by atoms with Gasteiger partial charge in [0.25, 0.3) is 5.88 Å². The Bertz CT molecular complexity index is 1800. The maximum atomic E-state index is 11.6. The molecule has 254 valence electrons. The van der Waals surface area contributed by atoms with Crippen LogP contribution in [0.5, 0.6) is 5.88 Å². The Balaban J connectivity index is 1.07. The van der Waals surface area contributed by atoms with Crippen molar-refractivity contribution in [1.29, 1.82) is 5.26 Å². The number of fused-ring (bicyclic) bond motifs is 1. The van der Waals surface area contributed by atoms with Gasteiger partial charge < -0.3 is 34.4 Å². The van der Waals surface area contributed by atoms with Crippen molar-refractivity contribution in [3.63, 3.8) is 0 Å². The summed E-state index contributed by atoms with van der Waals surface area (Å²) in [7, 11) is 0. The Morgan fingerprint density at radius 1 is 1.27 bits per heavy atom. The maximum Gasteiger partial charge on any atom is 0.314 e. The van der Waals surface area contributed by atoms with E-state index in [9.17, 15) is 15.2 Å². The number of carboxylic acid groups (broad SMARTS) is 1. The predicted molar refractivity (Wildman–Crippen MR) is 178 cm³/mol. The zero-order valence-electron chi connectivity index (χ0n) is 27.7. The smallest absolute Gasteiger partial charge is 0.314 e. The topological polar surface area (TPSA) is 194 Å². The molecule has 1 unspecified atom stereocenters. The van der Waals surface area contributed by atoms with E-state index in [2.05, 4.69) is 38.1 Å². The number of hydrogen-bond donors (Lipinski definition) is 2. The van der Waals surface area contributed by atoms with Gasteiger partial charge in [-0.15, -0.1) is 11.3 Å². The van der Waals surface area contributed by atoms with Gasteiger partial charge in [0.1, 0.15) is 22.7 Å². The number of ether oxygens (including phenoxy) is 1. The van der Waals surface area contributed by atoms with E-state index < -0.39 is 17.3 Å². The third-order valence-corrected chi connectivity index (χ3v) is 10.4. The average Bonchev–Trinajstić information content (AvgIpc) is 3.77. The first-order chi connectivity index (χ1) is 23.1. The van der Waals surface area contributed by atoms with Crippen LogP contribution in [0.1, 0.15) is 87.0 Å². The second-order valence-electron chi connectivity index (χ2n) is 13.1. The monoisotopic (exact) mass is 675 g/mol. The van der Waals surface area contributed by atoms with Gasteiger partial charge in [-0.2, -0.15) is 10.2 Å². The Hall–Kier alpha value is -4.55. The summed E-state index contributed by atoms with van der Waals surface area (Å²) in [6.45, 7) is 11.7. The zero-order valence-corrected chi connectivity index (χ0v) is 28.5. The summed E-state index contributed by atoms with van der Waals surface area (Å²) in [6, 6.07) is 5.80. The molecule has 15 heteroatoms. The number of anilines is 2. The molecule has 14 nitrogen and oxygen atoms in total. The molecular weight excluding hydrogens is 634 g/mol. The Kier molecular flexibility index (Phi) is 9.66. The Morgan fingerprint density at radius 3 is 2.88 bits per heavy atom. The molecule has 1 aliphatic carbocycles. The number of aromatic nitrogens is 5. The lowest BCUT2D eigenvalue weighted by Gasteiger charge is -2.30. The summed E-state index contributed by atoms with van der Waals surface area (Å²) in [5.74, 6) is 0.232. The zero-order chi connectivity index (χ0) is 34.0. The number of nitrogen functional groups attached to an aromatic ring is 1. The van der Waals surface area contributed by atoms with Gasteiger partial charge in [-0.25, -0.2) is 9.97 Å². The van der Waals surface area contributed by atoms with Crippen molar-refractivity contribution in [2.45, 2.75) is 77.2 Å². The number of thiophene rings is 1. The van der Waals surface area contributed by atoms with E-state index >= 15 is 0 Å². The van der Waals surface area contributed by atoms with Crippen molar-refractivity contribution in [3.8, 4) is 23.5 Å². The molecule has 0 bridgehead atoms. The maximum absolute atomic E-state index is 11.6. The second kappa shape index (κ2) is 13.9. The van der Waals surface area contributed by atoms with E-state index in [-0.39, 0.29) is 12.0 Å². The predicted octanol–water partition coefficient (Wildman–Crippen LogP) is 4.87. The standard InChI is InChI=1S/C33H41N9O5S/c1-19(2)26(30(43)44)23-16-25(39-46-23)45-15-7-13-41-12-6-14-42(20(3)18-41)32-36-11-9-22(37-32)29-38-31(47-40-29)33(4)10-5-8-24-27(33)21(17-34)28(35)48-24/h9,11,16,19-20,26H,5-8,10,12-15,18,35H2,1-4H3,(H,43,44)/t20-,26?,33-/m0/s1. The van der Waals surface area contributed by atoms with Crippen molar-refractivity contribution < 1.29 is 23.7 Å². The van der Waals surface area contributed by atoms with Gasteiger partial charge in [0.15, 0.2) is 5.76 Å². The normalized spacial score (nSPS) is 20.7. The van der Waals surface area contributed by atoms with E-state index in [0.717, 1.165) is 68.7 Å². The number of hydrogen-bond acceptors (Lipinski definition) is 14. The van der Waals surface area contributed by atoms with E-state index in [4.69, 9.17) is 29.5 Å². The van der Waals surface area contributed by atoms with Crippen LogP contribution in [0, 0.1) is 17.2 Å². The molecule has 3 atom stereocenters.